The molecule has 0 amide bonds. The molecule has 16 heavy (non-hydrogen) atoms. The zero-order chi connectivity index (χ0) is 11.5. The van der Waals surface area contributed by atoms with Gasteiger partial charge in [-0.25, -0.2) is 4.98 Å². The number of nitrogens with one attached hydrogen (secondary N) is 1. The van der Waals surface area contributed by atoms with Crippen molar-refractivity contribution in [3.63, 3.8) is 0 Å². The van der Waals surface area contributed by atoms with Gasteiger partial charge in [-0.05, 0) is 25.6 Å². The molecule has 84 valence electrons. The van der Waals surface area contributed by atoms with Crippen LogP contribution in [0.1, 0.15) is 11.3 Å². The van der Waals surface area contributed by atoms with Gasteiger partial charge in [0.2, 0.25) is 0 Å². The molecule has 0 saturated heterocycles. The van der Waals surface area contributed by atoms with Crippen LogP contribution < -0.4 is 5.32 Å². The van der Waals surface area contributed by atoms with Crippen molar-refractivity contribution in [2.24, 2.45) is 0 Å². The molecule has 0 bridgehead atoms. The lowest BCUT2D eigenvalue weighted by Crippen LogP contribution is -2.06. The fourth-order valence-electron chi connectivity index (χ4n) is 1.64. The average molecular weight is 281 g/mol. The molecule has 1 aromatic carbocycles. The Morgan fingerprint density at radius 1 is 1.44 bits per heavy atom. The lowest BCUT2D eigenvalue weighted by Gasteiger charge is -2.06. The van der Waals surface area contributed by atoms with Gasteiger partial charge in [-0.15, -0.1) is 0 Å². The summed E-state index contributed by atoms with van der Waals surface area (Å²) in [5, 5.41) is 3.08. The number of benzene rings is 1. The van der Waals surface area contributed by atoms with Crippen LogP contribution in [0.4, 0.5) is 0 Å². The van der Waals surface area contributed by atoms with Crippen molar-refractivity contribution in [3.8, 4) is 11.3 Å². The minimum atomic E-state index is 0.706. The lowest BCUT2D eigenvalue weighted by atomic mass is 10.1. The highest BCUT2D eigenvalue weighted by Crippen LogP contribution is 2.30. The SMILES string of the molecule is CNCc1ncoc1-c1cccc(Br)c1C. The average Bonchev–Trinajstić information content (AvgIpc) is 2.71. The van der Waals surface area contributed by atoms with E-state index in [4.69, 9.17) is 4.42 Å². The van der Waals surface area contributed by atoms with E-state index in [9.17, 15) is 0 Å². The highest BCUT2D eigenvalue weighted by molar-refractivity contribution is 9.10. The number of hydrogen-bond acceptors (Lipinski definition) is 3. The van der Waals surface area contributed by atoms with Crippen molar-refractivity contribution in [3.05, 3.63) is 40.3 Å². The second-order valence-electron chi connectivity index (χ2n) is 3.57. The molecular weight excluding hydrogens is 268 g/mol. The molecule has 1 aromatic heterocycles. The second-order valence-corrected chi connectivity index (χ2v) is 4.43. The predicted octanol–water partition coefficient (Wildman–Crippen LogP) is 3.13. The normalized spacial score (nSPS) is 10.7. The maximum atomic E-state index is 5.47. The molecule has 3 nitrogen and oxygen atoms in total. The van der Waals surface area contributed by atoms with Crippen molar-refractivity contribution >= 4 is 15.9 Å². The summed E-state index contributed by atoms with van der Waals surface area (Å²) in [6.07, 6.45) is 1.49. The third kappa shape index (κ3) is 2.03. The van der Waals surface area contributed by atoms with E-state index in [-0.39, 0.29) is 0 Å². The van der Waals surface area contributed by atoms with E-state index in [0.717, 1.165) is 27.1 Å². The zero-order valence-electron chi connectivity index (χ0n) is 9.25. The highest BCUT2D eigenvalue weighted by Gasteiger charge is 2.13. The highest BCUT2D eigenvalue weighted by atomic mass is 79.9. The Kier molecular flexibility index (Phi) is 3.41. The molecule has 0 atom stereocenters. The molecule has 1 heterocycles. The minimum absolute atomic E-state index is 0.706. The van der Waals surface area contributed by atoms with Crippen molar-refractivity contribution in [1.82, 2.24) is 10.3 Å². The molecule has 0 saturated carbocycles. The summed E-state index contributed by atoms with van der Waals surface area (Å²) in [5.74, 6) is 0.841. The monoisotopic (exact) mass is 280 g/mol. The number of oxazole rings is 1. The first-order valence-corrected chi connectivity index (χ1v) is 5.85. The standard InChI is InChI=1S/C12H13BrN2O/c1-8-9(4-3-5-10(8)13)12-11(6-14-2)15-7-16-12/h3-5,7,14H,6H2,1-2H3. The molecule has 0 aliphatic carbocycles. The summed E-state index contributed by atoms with van der Waals surface area (Å²) in [7, 11) is 1.90. The van der Waals surface area contributed by atoms with Crippen LogP contribution in [0.25, 0.3) is 11.3 Å². The van der Waals surface area contributed by atoms with Gasteiger partial charge in [0.15, 0.2) is 12.2 Å². The fraction of sp³-hybridized carbons (Fsp3) is 0.250. The maximum absolute atomic E-state index is 5.47. The van der Waals surface area contributed by atoms with Gasteiger partial charge in [0.05, 0.1) is 0 Å². The Labute approximate surface area is 103 Å². The molecule has 0 spiro atoms. The van der Waals surface area contributed by atoms with Gasteiger partial charge in [0, 0.05) is 16.6 Å². The molecule has 0 radical (unpaired) electrons. The number of hydrogen-bond donors (Lipinski definition) is 1. The van der Waals surface area contributed by atoms with Gasteiger partial charge in [0.1, 0.15) is 5.69 Å². The van der Waals surface area contributed by atoms with Crippen molar-refractivity contribution < 1.29 is 4.42 Å². The van der Waals surface area contributed by atoms with Gasteiger partial charge in [0.25, 0.3) is 0 Å². The summed E-state index contributed by atoms with van der Waals surface area (Å²) in [6, 6.07) is 6.06. The Bertz CT molecular complexity index is 494. The van der Waals surface area contributed by atoms with E-state index in [2.05, 4.69) is 33.2 Å². The summed E-state index contributed by atoms with van der Waals surface area (Å²) in [5.41, 5.74) is 3.18. The summed E-state index contributed by atoms with van der Waals surface area (Å²) in [4.78, 5) is 4.21. The van der Waals surface area contributed by atoms with E-state index in [1.807, 2.05) is 25.2 Å². The fourth-order valence-corrected chi connectivity index (χ4v) is 2.00. The van der Waals surface area contributed by atoms with Gasteiger partial charge >= 0.3 is 0 Å². The van der Waals surface area contributed by atoms with Gasteiger partial charge in [-0.2, -0.15) is 0 Å². The van der Waals surface area contributed by atoms with E-state index < -0.39 is 0 Å². The molecular formula is C12H13BrN2O. The number of halogens is 1. The van der Waals surface area contributed by atoms with Crippen LogP contribution >= 0.6 is 15.9 Å². The van der Waals surface area contributed by atoms with E-state index >= 15 is 0 Å². The molecule has 0 aliphatic rings. The van der Waals surface area contributed by atoms with Gasteiger partial charge in [-0.3, -0.25) is 0 Å². The van der Waals surface area contributed by atoms with Gasteiger partial charge in [-0.1, -0.05) is 28.1 Å². The third-order valence-corrected chi connectivity index (χ3v) is 3.36. The number of rotatable bonds is 3. The first-order valence-electron chi connectivity index (χ1n) is 5.06. The Morgan fingerprint density at radius 2 is 2.25 bits per heavy atom. The second kappa shape index (κ2) is 4.80. The van der Waals surface area contributed by atoms with Crippen molar-refractivity contribution in [2.75, 3.05) is 7.05 Å². The van der Waals surface area contributed by atoms with Crippen LogP contribution in [-0.2, 0) is 6.54 Å². The van der Waals surface area contributed by atoms with Crippen LogP contribution in [0.3, 0.4) is 0 Å². The van der Waals surface area contributed by atoms with Crippen molar-refractivity contribution in [2.45, 2.75) is 13.5 Å². The topological polar surface area (TPSA) is 38.1 Å². The van der Waals surface area contributed by atoms with Crippen LogP contribution in [0.5, 0.6) is 0 Å². The third-order valence-electron chi connectivity index (χ3n) is 2.50. The Hall–Kier alpha value is -1.13. The predicted molar refractivity (Wildman–Crippen MR) is 67.1 cm³/mol. The van der Waals surface area contributed by atoms with E-state index in [1.165, 1.54) is 6.39 Å². The first-order chi connectivity index (χ1) is 7.74. The van der Waals surface area contributed by atoms with Crippen molar-refractivity contribution in [1.29, 1.82) is 0 Å². The summed E-state index contributed by atoms with van der Waals surface area (Å²) < 4.78 is 6.55. The van der Waals surface area contributed by atoms with Crippen LogP contribution in [-0.4, -0.2) is 12.0 Å². The molecule has 2 aromatic rings. The number of aromatic nitrogens is 1. The first kappa shape index (κ1) is 11.4. The smallest absolute Gasteiger partial charge is 0.181 e. The molecule has 0 aliphatic heterocycles. The molecule has 2 rings (SSSR count). The quantitative estimate of drug-likeness (QED) is 0.939. The number of nitrogens with zero attached hydrogens (tertiary/aromatic N) is 1. The summed E-state index contributed by atoms with van der Waals surface area (Å²) in [6.45, 7) is 2.77. The lowest BCUT2D eigenvalue weighted by molar-refractivity contribution is 0.570. The Balaban J connectivity index is 2.50. The largest absolute Gasteiger partial charge is 0.443 e. The van der Waals surface area contributed by atoms with Gasteiger partial charge < -0.3 is 9.73 Å². The zero-order valence-corrected chi connectivity index (χ0v) is 10.8. The van der Waals surface area contributed by atoms with Crippen LogP contribution in [0, 0.1) is 6.92 Å². The van der Waals surface area contributed by atoms with E-state index in [0.29, 0.717) is 6.54 Å². The molecule has 4 heteroatoms. The molecule has 0 fully saturated rings. The Morgan fingerprint density at radius 3 is 3.00 bits per heavy atom. The van der Waals surface area contributed by atoms with Crippen LogP contribution in [0.15, 0.2) is 33.5 Å². The molecule has 0 unspecified atom stereocenters. The minimum Gasteiger partial charge on any atom is -0.443 e. The van der Waals surface area contributed by atoms with E-state index in [1.54, 1.807) is 0 Å². The van der Waals surface area contributed by atoms with Crippen LogP contribution in [0.2, 0.25) is 0 Å². The molecule has 1 N–H and O–H groups in total. The maximum Gasteiger partial charge on any atom is 0.181 e. The summed E-state index contributed by atoms with van der Waals surface area (Å²) >= 11 is 3.52.